The normalized spacial score (nSPS) is 10.1. The number of ether oxygens (including phenoxy) is 1. The van der Waals surface area contributed by atoms with Gasteiger partial charge in [0.15, 0.2) is 0 Å². The number of H-pyrrole nitrogens is 1. The van der Waals surface area contributed by atoms with Crippen LogP contribution >= 0.6 is 0 Å². The fourth-order valence-electron chi connectivity index (χ4n) is 2.19. The summed E-state index contributed by atoms with van der Waals surface area (Å²) >= 11 is 0. The summed E-state index contributed by atoms with van der Waals surface area (Å²) in [6.07, 6.45) is 0. The smallest absolute Gasteiger partial charge is 0.287 e. The Labute approximate surface area is 144 Å². The number of aromatic amines is 1. The van der Waals surface area contributed by atoms with Crippen LogP contribution in [-0.4, -0.2) is 29.1 Å². The Morgan fingerprint density at radius 1 is 0.960 bits per heavy atom. The molecule has 0 unspecified atom stereocenters. The average molecular weight is 336 g/mol. The summed E-state index contributed by atoms with van der Waals surface area (Å²) in [6, 6.07) is 17.5. The molecule has 0 aliphatic rings. The van der Waals surface area contributed by atoms with Gasteiger partial charge in [0.25, 0.3) is 11.8 Å². The van der Waals surface area contributed by atoms with Gasteiger partial charge in [-0.3, -0.25) is 25.5 Å². The zero-order valence-electron chi connectivity index (χ0n) is 13.4. The zero-order chi connectivity index (χ0) is 17.6. The van der Waals surface area contributed by atoms with Gasteiger partial charge in [-0.2, -0.15) is 5.10 Å². The third-order valence-electron chi connectivity index (χ3n) is 3.53. The van der Waals surface area contributed by atoms with E-state index in [4.69, 9.17) is 4.74 Å². The zero-order valence-corrected chi connectivity index (χ0v) is 13.4. The molecule has 3 rings (SSSR count). The predicted octanol–water partition coefficient (Wildman–Crippen LogP) is 2.16. The number of carbonyl (C=O) groups is 2. The highest BCUT2D eigenvalue weighted by Gasteiger charge is 2.12. The Kier molecular flexibility index (Phi) is 4.75. The van der Waals surface area contributed by atoms with Gasteiger partial charge in [0, 0.05) is 11.1 Å². The number of amides is 2. The Bertz CT molecular complexity index is 873. The molecule has 7 heteroatoms. The molecule has 3 N–H and O–H groups in total. The Balaban J connectivity index is 1.63. The molecule has 0 atom stereocenters. The van der Waals surface area contributed by atoms with Crippen molar-refractivity contribution in [3.8, 4) is 17.0 Å². The first-order valence-corrected chi connectivity index (χ1v) is 7.53. The first kappa shape index (κ1) is 16.3. The highest BCUT2D eigenvalue weighted by atomic mass is 16.5. The highest BCUT2D eigenvalue weighted by molar-refractivity contribution is 5.98. The van der Waals surface area contributed by atoms with Crippen LogP contribution in [0, 0.1) is 0 Å². The van der Waals surface area contributed by atoms with E-state index in [1.165, 1.54) is 0 Å². The summed E-state index contributed by atoms with van der Waals surface area (Å²) in [4.78, 5) is 24.0. The molecular weight excluding hydrogens is 320 g/mol. The van der Waals surface area contributed by atoms with Crippen LogP contribution in [0.25, 0.3) is 11.3 Å². The monoisotopic (exact) mass is 336 g/mol. The summed E-state index contributed by atoms with van der Waals surface area (Å²) in [7, 11) is 1.59. The van der Waals surface area contributed by atoms with Crippen LogP contribution in [0.4, 0.5) is 0 Å². The van der Waals surface area contributed by atoms with Gasteiger partial charge >= 0.3 is 0 Å². The molecule has 2 amide bonds. The summed E-state index contributed by atoms with van der Waals surface area (Å²) in [5, 5.41) is 6.76. The van der Waals surface area contributed by atoms with Crippen molar-refractivity contribution in [1.29, 1.82) is 0 Å². The maximum absolute atomic E-state index is 12.1. The molecule has 25 heavy (non-hydrogen) atoms. The van der Waals surface area contributed by atoms with Gasteiger partial charge in [-0.1, -0.05) is 18.2 Å². The van der Waals surface area contributed by atoms with Crippen molar-refractivity contribution in [2.45, 2.75) is 0 Å². The molecule has 0 radical (unpaired) electrons. The van der Waals surface area contributed by atoms with Gasteiger partial charge in [0.05, 0.1) is 12.8 Å². The Morgan fingerprint density at radius 2 is 1.64 bits per heavy atom. The molecule has 1 aromatic heterocycles. The minimum absolute atomic E-state index is 0.235. The predicted molar refractivity (Wildman–Crippen MR) is 92.0 cm³/mol. The first-order valence-electron chi connectivity index (χ1n) is 7.53. The summed E-state index contributed by atoms with van der Waals surface area (Å²) in [5.74, 6) is -0.152. The SMILES string of the molecule is COc1ccc(-c2cc(C(=O)NNC(=O)c3ccccc3)[nH]n2)cc1. The maximum Gasteiger partial charge on any atom is 0.287 e. The molecule has 2 aromatic carbocycles. The minimum Gasteiger partial charge on any atom is -0.497 e. The van der Waals surface area contributed by atoms with E-state index in [0.717, 1.165) is 11.3 Å². The van der Waals surface area contributed by atoms with E-state index in [9.17, 15) is 9.59 Å². The Hall–Kier alpha value is -3.61. The molecule has 0 saturated carbocycles. The van der Waals surface area contributed by atoms with Crippen molar-refractivity contribution < 1.29 is 14.3 Å². The third-order valence-corrected chi connectivity index (χ3v) is 3.53. The summed E-state index contributed by atoms with van der Waals surface area (Å²) in [6.45, 7) is 0. The molecule has 0 spiro atoms. The number of nitrogens with zero attached hydrogens (tertiary/aromatic N) is 1. The fraction of sp³-hybridized carbons (Fsp3) is 0.0556. The van der Waals surface area contributed by atoms with E-state index < -0.39 is 11.8 Å². The number of hydrogen-bond acceptors (Lipinski definition) is 4. The van der Waals surface area contributed by atoms with Crippen LogP contribution in [0.2, 0.25) is 0 Å². The second kappa shape index (κ2) is 7.31. The van der Waals surface area contributed by atoms with Crippen molar-refractivity contribution in [2.75, 3.05) is 7.11 Å². The Morgan fingerprint density at radius 3 is 2.32 bits per heavy atom. The molecule has 0 aliphatic carbocycles. The van der Waals surface area contributed by atoms with E-state index in [2.05, 4.69) is 21.0 Å². The van der Waals surface area contributed by atoms with E-state index in [0.29, 0.717) is 11.3 Å². The molecular formula is C18H16N4O3. The number of aromatic nitrogens is 2. The molecule has 3 aromatic rings. The van der Waals surface area contributed by atoms with Crippen LogP contribution in [0.5, 0.6) is 5.75 Å². The largest absolute Gasteiger partial charge is 0.497 e. The van der Waals surface area contributed by atoms with Gasteiger partial charge < -0.3 is 4.74 Å². The summed E-state index contributed by atoms with van der Waals surface area (Å²) < 4.78 is 5.11. The molecule has 1 heterocycles. The van der Waals surface area contributed by atoms with E-state index >= 15 is 0 Å². The van der Waals surface area contributed by atoms with Crippen LogP contribution in [0.3, 0.4) is 0 Å². The van der Waals surface area contributed by atoms with Crippen LogP contribution in [-0.2, 0) is 0 Å². The number of methoxy groups -OCH3 is 1. The number of rotatable bonds is 4. The van der Waals surface area contributed by atoms with Crippen molar-refractivity contribution >= 4 is 11.8 Å². The summed E-state index contributed by atoms with van der Waals surface area (Å²) in [5.41, 5.74) is 6.85. The molecule has 0 aliphatic heterocycles. The van der Waals surface area contributed by atoms with Gasteiger partial charge in [-0.05, 0) is 42.5 Å². The molecule has 0 saturated heterocycles. The topological polar surface area (TPSA) is 96.1 Å². The van der Waals surface area contributed by atoms with E-state index in [1.54, 1.807) is 43.5 Å². The lowest BCUT2D eigenvalue weighted by Crippen LogP contribution is -2.41. The number of hydrogen-bond donors (Lipinski definition) is 3. The van der Waals surface area contributed by atoms with E-state index in [-0.39, 0.29) is 5.69 Å². The molecule has 126 valence electrons. The lowest BCUT2D eigenvalue weighted by atomic mass is 10.1. The highest BCUT2D eigenvalue weighted by Crippen LogP contribution is 2.20. The average Bonchev–Trinajstić information content (AvgIpc) is 3.17. The van der Waals surface area contributed by atoms with Crippen LogP contribution < -0.4 is 15.6 Å². The van der Waals surface area contributed by atoms with Gasteiger partial charge in [-0.25, -0.2) is 0 Å². The van der Waals surface area contributed by atoms with Crippen LogP contribution in [0.1, 0.15) is 20.8 Å². The fourth-order valence-corrected chi connectivity index (χ4v) is 2.19. The molecule has 7 nitrogen and oxygen atoms in total. The number of carbonyl (C=O) groups excluding carboxylic acids is 2. The van der Waals surface area contributed by atoms with Crippen molar-refractivity contribution in [3.05, 3.63) is 71.9 Å². The third kappa shape index (κ3) is 3.84. The van der Waals surface area contributed by atoms with Crippen molar-refractivity contribution in [2.24, 2.45) is 0 Å². The minimum atomic E-state index is -0.489. The van der Waals surface area contributed by atoms with Crippen molar-refractivity contribution in [1.82, 2.24) is 21.0 Å². The number of hydrazine groups is 1. The second-order valence-electron chi connectivity index (χ2n) is 5.17. The molecule has 0 bridgehead atoms. The van der Waals surface area contributed by atoms with Gasteiger partial charge in [0.2, 0.25) is 0 Å². The second-order valence-corrected chi connectivity index (χ2v) is 5.17. The lowest BCUT2D eigenvalue weighted by molar-refractivity contribution is 0.0844. The van der Waals surface area contributed by atoms with Crippen LogP contribution in [0.15, 0.2) is 60.7 Å². The van der Waals surface area contributed by atoms with Crippen molar-refractivity contribution in [3.63, 3.8) is 0 Å². The number of nitrogens with one attached hydrogen (secondary N) is 3. The standard InChI is InChI=1S/C18H16N4O3/c1-25-14-9-7-12(8-10-14)15-11-16(20-19-15)18(24)22-21-17(23)13-5-3-2-4-6-13/h2-11H,1H3,(H,19,20)(H,21,23)(H,22,24). The van der Waals surface area contributed by atoms with Gasteiger partial charge in [-0.15, -0.1) is 0 Å². The first-order chi connectivity index (χ1) is 12.2. The maximum atomic E-state index is 12.1. The number of benzene rings is 2. The quantitative estimate of drug-likeness (QED) is 0.636. The lowest BCUT2D eigenvalue weighted by Gasteiger charge is -2.05. The molecule has 0 fully saturated rings. The van der Waals surface area contributed by atoms with E-state index in [1.807, 2.05) is 24.3 Å². The van der Waals surface area contributed by atoms with Gasteiger partial charge in [0.1, 0.15) is 11.4 Å².